The van der Waals surface area contributed by atoms with Crippen molar-refractivity contribution in [1.29, 1.82) is 0 Å². The number of halogens is 3. The van der Waals surface area contributed by atoms with Crippen LogP contribution < -0.4 is 0 Å². The summed E-state index contributed by atoms with van der Waals surface area (Å²) in [5, 5.41) is 0. The second kappa shape index (κ2) is 4.08. The highest BCUT2D eigenvalue weighted by Crippen LogP contribution is 2.31. The van der Waals surface area contributed by atoms with Crippen molar-refractivity contribution in [3.8, 4) is 0 Å². The number of alkyl halides is 3. The molecule has 0 saturated carbocycles. The minimum absolute atomic E-state index is 0.161. The van der Waals surface area contributed by atoms with Gasteiger partial charge in [-0.2, -0.15) is 13.2 Å². The van der Waals surface area contributed by atoms with Crippen LogP contribution in [0.4, 0.5) is 13.2 Å². The van der Waals surface area contributed by atoms with Gasteiger partial charge in [-0.1, -0.05) is 20.8 Å². The van der Waals surface area contributed by atoms with Crippen molar-refractivity contribution in [2.45, 2.75) is 32.4 Å². The molecule has 102 valence electrons. The molecule has 0 atom stereocenters. The third-order valence-corrected chi connectivity index (χ3v) is 2.80. The number of carbonyl (C=O) groups excluding carboxylic acids is 1. The molecular weight excluding hydrogens is 257 g/mol. The van der Waals surface area contributed by atoms with Gasteiger partial charge in [0.2, 0.25) is 0 Å². The molecule has 6 heteroatoms. The Morgan fingerprint density at radius 2 is 1.84 bits per heavy atom. The van der Waals surface area contributed by atoms with Crippen LogP contribution in [-0.4, -0.2) is 15.7 Å². The molecule has 0 radical (unpaired) electrons. The lowest BCUT2D eigenvalue weighted by atomic mass is 9.91. The van der Waals surface area contributed by atoms with E-state index < -0.39 is 17.2 Å². The average Bonchev–Trinajstić information content (AvgIpc) is 2.64. The Morgan fingerprint density at radius 1 is 1.21 bits per heavy atom. The predicted octanol–water partition coefficient (Wildman–Crippen LogP) is 3.46. The van der Waals surface area contributed by atoms with Crippen LogP contribution in [0.15, 0.2) is 18.3 Å². The van der Waals surface area contributed by atoms with E-state index in [4.69, 9.17) is 0 Å². The van der Waals surface area contributed by atoms with Gasteiger partial charge in [-0.25, -0.2) is 4.98 Å². The molecule has 0 spiro atoms. The van der Waals surface area contributed by atoms with Crippen LogP contribution in [0.2, 0.25) is 0 Å². The molecule has 0 aliphatic rings. The third-order valence-electron chi connectivity index (χ3n) is 2.80. The van der Waals surface area contributed by atoms with Crippen LogP contribution in [-0.2, 0) is 11.6 Å². The highest BCUT2D eigenvalue weighted by Gasteiger charge is 2.32. The molecule has 3 nitrogen and oxygen atoms in total. The van der Waals surface area contributed by atoms with Crippen LogP contribution in [0.3, 0.4) is 0 Å². The van der Waals surface area contributed by atoms with E-state index in [9.17, 15) is 18.0 Å². The van der Waals surface area contributed by atoms with Gasteiger partial charge in [-0.15, -0.1) is 0 Å². The Kier molecular flexibility index (Phi) is 2.91. The first-order valence-electron chi connectivity index (χ1n) is 5.69. The van der Waals surface area contributed by atoms with Gasteiger partial charge in [0.15, 0.2) is 6.29 Å². The third kappa shape index (κ3) is 2.34. The van der Waals surface area contributed by atoms with Crippen LogP contribution in [0, 0.1) is 0 Å². The Morgan fingerprint density at radius 3 is 2.32 bits per heavy atom. The van der Waals surface area contributed by atoms with E-state index >= 15 is 0 Å². The SMILES string of the molecule is CC(C)(C)c1nc2ccc(C(F)(F)F)cn2c1C=O. The fourth-order valence-electron chi connectivity index (χ4n) is 1.90. The number of nitrogens with zero attached hydrogens (tertiary/aromatic N) is 2. The normalized spacial score (nSPS) is 12.9. The maximum absolute atomic E-state index is 12.7. The quantitative estimate of drug-likeness (QED) is 0.744. The largest absolute Gasteiger partial charge is 0.417 e. The Labute approximate surface area is 108 Å². The van der Waals surface area contributed by atoms with Crippen molar-refractivity contribution >= 4 is 11.9 Å². The summed E-state index contributed by atoms with van der Waals surface area (Å²) in [5.74, 6) is 0. The van der Waals surface area contributed by atoms with Gasteiger partial charge in [0.1, 0.15) is 11.3 Å². The van der Waals surface area contributed by atoms with Gasteiger partial charge in [-0.05, 0) is 12.1 Å². The fraction of sp³-hybridized carbons (Fsp3) is 0.385. The molecule has 0 unspecified atom stereocenters. The Balaban J connectivity index is 2.76. The molecule has 0 aliphatic carbocycles. The molecule has 2 rings (SSSR count). The summed E-state index contributed by atoms with van der Waals surface area (Å²) in [7, 11) is 0. The summed E-state index contributed by atoms with van der Waals surface area (Å²) in [6, 6.07) is 2.23. The summed E-state index contributed by atoms with van der Waals surface area (Å²) < 4.78 is 39.2. The molecule has 0 saturated heterocycles. The maximum atomic E-state index is 12.7. The minimum atomic E-state index is -4.44. The zero-order valence-corrected chi connectivity index (χ0v) is 10.7. The number of rotatable bonds is 1. The summed E-state index contributed by atoms with van der Waals surface area (Å²) in [6.07, 6.45) is -3.00. The molecule has 2 heterocycles. The van der Waals surface area contributed by atoms with Gasteiger partial charge in [-0.3, -0.25) is 9.20 Å². The second-order valence-corrected chi connectivity index (χ2v) is 5.36. The van der Waals surface area contributed by atoms with Crippen molar-refractivity contribution in [2.24, 2.45) is 0 Å². The predicted molar refractivity (Wildman–Crippen MR) is 64.3 cm³/mol. The first-order valence-corrected chi connectivity index (χ1v) is 5.69. The number of carbonyl (C=O) groups is 1. The Bertz CT molecular complexity index is 636. The lowest BCUT2D eigenvalue weighted by Crippen LogP contribution is -2.14. The monoisotopic (exact) mass is 270 g/mol. The van der Waals surface area contributed by atoms with E-state index in [-0.39, 0.29) is 5.69 Å². The van der Waals surface area contributed by atoms with Gasteiger partial charge in [0.05, 0.1) is 11.3 Å². The van der Waals surface area contributed by atoms with Gasteiger partial charge >= 0.3 is 6.18 Å². The molecule has 0 amide bonds. The van der Waals surface area contributed by atoms with E-state index in [2.05, 4.69) is 4.98 Å². The number of hydrogen-bond acceptors (Lipinski definition) is 2. The van der Waals surface area contributed by atoms with Crippen LogP contribution in [0.1, 0.15) is 42.5 Å². The van der Waals surface area contributed by atoms with Crippen LogP contribution in [0.5, 0.6) is 0 Å². The van der Waals surface area contributed by atoms with E-state index in [1.807, 2.05) is 20.8 Å². The van der Waals surface area contributed by atoms with E-state index in [1.165, 1.54) is 10.5 Å². The summed E-state index contributed by atoms with van der Waals surface area (Å²) in [5.41, 5.74) is -0.239. The second-order valence-electron chi connectivity index (χ2n) is 5.36. The molecule has 2 aromatic rings. The van der Waals surface area contributed by atoms with E-state index in [0.29, 0.717) is 17.6 Å². The number of aromatic nitrogens is 2. The smallest absolute Gasteiger partial charge is 0.296 e. The molecule has 0 bridgehead atoms. The van der Waals surface area contributed by atoms with Gasteiger partial charge < -0.3 is 0 Å². The molecular formula is C13H13F3N2O. The maximum Gasteiger partial charge on any atom is 0.417 e. The van der Waals surface area contributed by atoms with Crippen molar-refractivity contribution in [2.75, 3.05) is 0 Å². The molecule has 0 aromatic carbocycles. The lowest BCUT2D eigenvalue weighted by Gasteiger charge is -2.15. The number of hydrogen-bond donors (Lipinski definition) is 0. The highest BCUT2D eigenvalue weighted by molar-refractivity contribution is 5.77. The van der Waals surface area contributed by atoms with Crippen molar-refractivity contribution in [3.63, 3.8) is 0 Å². The molecule has 2 aromatic heterocycles. The number of aldehydes is 1. The van der Waals surface area contributed by atoms with Gasteiger partial charge in [0.25, 0.3) is 0 Å². The van der Waals surface area contributed by atoms with Crippen LogP contribution >= 0.6 is 0 Å². The topological polar surface area (TPSA) is 34.4 Å². The van der Waals surface area contributed by atoms with E-state index in [1.54, 1.807) is 0 Å². The summed E-state index contributed by atoms with van der Waals surface area (Å²) in [6.45, 7) is 5.56. The first-order chi connectivity index (χ1) is 8.64. The summed E-state index contributed by atoms with van der Waals surface area (Å²) >= 11 is 0. The number of imidazole rings is 1. The Hall–Kier alpha value is -1.85. The zero-order valence-electron chi connectivity index (χ0n) is 10.7. The van der Waals surface area contributed by atoms with Crippen molar-refractivity contribution < 1.29 is 18.0 Å². The first kappa shape index (κ1) is 13.6. The number of pyridine rings is 1. The number of fused-ring (bicyclic) bond motifs is 1. The summed E-state index contributed by atoms with van der Waals surface area (Å²) in [4.78, 5) is 15.4. The van der Waals surface area contributed by atoms with Crippen LogP contribution in [0.25, 0.3) is 5.65 Å². The lowest BCUT2D eigenvalue weighted by molar-refractivity contribution is -0.137. The molecule has 0 aliphatic heterocycles. The zero-order chi connectivity index (χ0) is 14.4. The van der Waals surface area contributed by atoms with Crippen molar-refractivity contribution in [1.82, 2.24) is 9.38 Å². The minimum Gasteiger partial charge on any atom is -0.296 e. The van der Waals surface area contributed by atoms with Crippen molar-refractivity contribution in [3.05, 3.63) is 35.3 Å². The van der Waals surface area contributed by atoms with E-state index in [0.717, 1.165) is 12.3 Å². The fourth-order valence-corrected chi connectivity index (χ4v) is 1.90. The molecule has 0 fully saturated rings. The van der Waals surface area contributed by atoms with Gasteiger partial charge in [0, 0.05) is 11.6 Å². The average molecular weight is 270 g/mol. The highest BCUT2D eigenvalue weighted by atomic mass is 19.4. The molecule has 19 heavy (non-hydrogen) atoms. The molecule has 0 N–H and O–H groups in total. The standard InChI is InChI=1S/C13H13F3N2O/c1-12(2,3)11-9(7-19)18-6-8(13(14,15)16)4-5-10(18)17-11/h4-7H,1-3H3.